The fraction of sp³-hybridized carbons (Fsp3) is 0.646. The molecule has 3 aliphatic rings. The quantitative estimate of drug-likeness (QED) is 0.132. The van der Waals surface area contributed by atoms with E-state index in [1.807, 2.05) is 13.0 Å². The summed E-state index contributed by atoms with van der Waals surface area (Å²) in [6, 6.07) is -1.20. The molecule has 0 aliphatic carbocycles. The molecule has 0 aromatic rings. The van der Waals surface area contributed by atoms with E-state index in [2.05, 4.69) is 5.32 Å². The van der Waals surface area contributed by atoms with Crippen molar-refractivity contribution in [3.63, 3.8) is 0 Å². The van der Waals surface area contributed by atoms with Gasteiger partial charge in [0.25, 0.3) is 0 Å². The van der Waals surface area contributed by atoms with Gasteiger partial charge in [-0.3, -0.25) is 14.4 Å². The number of ether oxygens (including phenoxy) is 4. The van der Waals surface area contributed by atoms with Crippen LogP contribution in [-0.4, -0.2) is 172 Å². The molecular formula is C48H73NO18. The number of carboxylic acid groups (broad SMARTS) is 1. The lowest BCUT2D eigenvalue weighted by Crippen LogP contribution is -2.63. The van der Waals surface area contributed by atoms with E-state index in [1.165, 1.54) is 13.0 Å². The zero-order valence-corrected chi connectivity index (χ0v) is 38.5. The maximum atomic E-state index is 12.6. The highest BCUT2D eigenvalue weighted by Crippen LogP contribution is 2.38. The van der Waals surface area contributed by atoms with Crippen molar-refractivity contribution in [3.05, 3.63) is 85.1 Å². The molecule has 19 atom stereocenters. The lowest BCUT2D eigenvalue weighted by Gasteiger charge is -2.45. The third kappa shape index (κ3) is 19.2. The highest BCUT2D eigenvalue weighted by Gasteiger charge is 2.51. The van der Waals surface area contributed by atoms with Crippen LogP contribution in [0.4, 0.5) is 0 Å². The van der Waals surface area contributed by atoms with Gasteiger partial charge in [-0.05, 0) is 33.1 Å². The van der Waals surface area contributed by atoms with Crippen molar-refractivity contribution in [2.45, 2.75) is 177 Å². The summed E-state index contributed by atoms with van der Waals surface area (Å²) < 4.78 is 23.2. The number of cyclic esters (lactones) is 1. The van der Waals surface area contributed by atoms with Gasteiger partial charge >= 0.3 is 11.9 Å². The SMILES string of the molecule is C[C@@H]1[C@H](O)[C@@H](C)C=CC=CC=CC=CC=CC=CC=C[C@H](O[C@H]2O[C@H](C)[C@@H](O)[C@H](NC=O)[C@@H]2O)C[C@@H]2O[C@@](O)(C[C@@H](O)C[C@@H](O)[C@H](O)CC[C@@H](O)C[C@@H](O)CC(=O)O[C@H]1C)C[C@H](O)[C@H]2C(=O)O. The van der Waals surface area contributed by atoms with E-state index in [1.54, 1.807) is 86.8 Å². The molecule has 2 bridgehead atoms. The van der Waals surface area contributed by atoms with Gasteiger partial charge in [-0.1, -0.05) is 98.9 Å². The summed E-state index contributed by atoms with van der Waals surface area (Å²) in [5.41, 5.74) is 0. The van der Waals surface area contributed by atoms with E-state index >= 15 is 0 Å². The molecule has 378 valence electrons. The molecule has 0 radical (unpaired) electrons. The minimum Gasteiger partial charge on any atom is -0.481 e. The van der Waals surface area contributed by atoms with Gasteiger partial charge in [0.05, 0.1) is 73.5 Å². The van der Waals surface area contributed by atoms with Gasteiger partial charge in [0.2, 0.25) is 6.41 Å². The van der Waals surface area contributed by atoms with E-state index < -0.39 is 147 Å². The topological polar surface area (TPSA) is 323 Å². The number of aliphatic carboxylic acids is 1. The Morgan fingerprint density at radius 3 is 1.85 bits per heavy atom. The number of rotatable bonds is 5. The summed E-state index contributed by atoms with van der Waals surface area (Å²) in [7, 11) is 0. The summed E-state index contributed by atoms with van der Waals surface area (Å²) >= 11 is 0. The Morgan fingerprint density at radius 2 is 1.27 bits per heavy atom. The van der Waals surface area contributed by atoms with Gasteiger partial charge in [-0.25, -0.2) is 0 Å². The Balaban J connectivity index is 1.88. The molecule has 12 N–H and O–H groups in total. The number of nitrogens with one attached hydrogen (secondary N) is 1. The molecule has 2 fully saturated rings. The van der Waals surface area contributed by atoms with Gasteiger partial charge in [0.1, 0.15) is 24.2 Å². The number of hydrogen-bond acceptors (Lipinski definition) is 17. The van der Waals surface area contributed by atoms with Crippen LogP contribution in [0.15, 0.2) is 85.1 Å². The number of aliphatic hydroxyl groups is 10. The van der Waals surface area contributed by atoms with Gasteiger partial charge in [-0.15, -0.1) is 0 Å². The minimum absolute atomic E-state index is 0.119. The first-order chi connectivity index (χ1) is 31.7. The predicted octanol–water partition coefficient (Wildman–Crippen LogP) is 0.499. The molecule has 3 heterocycles. The van der Waals surface area contributed by atoms with Crippen LogP contribution in [-0.2, 0) is 33.3 Å². The van der Waals surface area contributed by atoms with E-state index in [0.717, 1.165) is 0 Å². The first kappa shape index (κ1) is 57.4. The standard InChI is InChI=1S/C48H73NO18/c1-28-17-15-13-11-9-7-5-6-8-10-12-14-16-18-35(66-47-45(60)42(49-27-50)44(59)31(4)65-47)24-39-41(46(61)62)38(56)26-48(63,67-39)25-34(53)22-37(55)36(54)20-19-32(51)21-33(52)23-40(57)64-30(3)29(2)43(28)58/h5-18,27-39,41-45,47,51-56,58-60,63H,19-26H2,1-4H3,(H,49,50)(H,61,62)/t28-,29-,30-,31+,32+,33+,34-,35-,36+,37+,38-,39-,41+,42-,43+,44+,45-,47+,48-/m0/s1. The third-order valence-electron chi connectivity index (χ3n) is 12.2. The number of hydrogen-bond donors (Lipinski definition) is 12. The number of aliphatic hydroxyl groups excluding tert-OH is 9. The Kier molecular flexibility index (Phi) is 24.4. The monoisotopic (exact) mass is 951 g/mol. The summed E-state index contributed by atoms with van der Waals surface area (Å²) in [6.07, 6.45) is 2.79. The highest BCUT2D eigenvalue weighted by atomic mass is 16.7. The number of carbonyl (C=O) groups is 3. The summed E-state index contributed by atoms with van der Waals surface area (Å²) in [5.74, 6) is -6.94. The second-order valence-corrected chi connectivity index (χ2v) is 17.8. The summed E-state index contributed by atoms with van der Waals surface area (Å²) in [6.45, 7) is 6.69. The van der Waals surface area contributed by atoms with Gasteiger partial charge in [-0.2, -0.15) is 0 Å². The van der Waals surface area contributed by atoms with E-state index in [4.69, 9.17) is 18.9 Å². The van der Waals surface area contributed by atoms with Crippen molar-refractivity contribution in [2.75, 3.05) is 0 Å². The van der Waals surface area contributed by atoms with Crippen molar-refractivity contribution in [2.24, 2.45) is 17.8 Å². The number of allylic oxidation sites excluding steroid dienone is 12. The summed E-state index contributed by atoms with van der Waals surface area (Å²) in [4.78, 5) is 36.4. The molecule has 0 spiro atoms. The van der Waals surface area contributed by atoms with E-state index in [9.17, 15) is 70.6 Å². The average molecular weight is 952 g/mol. The second-order valence-electron chi connectivity index (χ2n) is 17.8. The fourth-order valence-electron chi connectivity index (χ4n) is 8.21. The van der Waals surface area contributed by atoms with Crippen molar-refractivity contribution in [1.82, 2.24) is 5.32 Å². The molecule has 2 saturated heterocycles. The van der Waals surface area contributed by atoms with Crippen LogP contribution in [0.3, 0.4) is 0 Å². The average Bonchev–Trinajstić information content (AvgIpc) is 3.24. The number of esters is 1. The van der Waals surface area contributed by atoms with Crippen LogP contribution >= 0.6 is 0 Å². The number of amides is 1. The number of carbonyl (C=O) groups excluding carboxylic acids is 2. The molecule has 0 saturated carbocycles. The lowest BCUT2D eigenvalue weighted by molar-refractivity contribution is -0.309. The second kappa shape index (κ2) is 28.5. The predicted molar refractivity (Wildman–Crippen MR) is 242 cm³/mol. The Morgan fingerprint density at radius 1 is 0.687 bits per heavy atom. The van der Waals surface area contributed by atoms with Crippen LogP contribution in [0.25, 0.3) is 0 Å². The van der Waals surface area contributed by atoms with Crippen molar-refractivity contribution >= 4 is 18.3 Å². The zero-order chi connectivity index (χ0) is 49.8. The molecular weight excluding hydrogens is 879 g/mol. The highest BCUT2D eigenvalue weighted by molar-refractivity contribution is 5.71. The maximum absolute atomic E-state index is 12.6. The molecule has 0 aromatic heterocycles. The minimum atomic E-state index is -2.36. The molecule has 3 rings (SSSR count). The molecule has 1 amide bonds. The van der Waals surface area contributed by atoms with Crippen LogP contribution in [0, 0.1) is 17.8 Å². The van der Waals surface area contributed by atoms with Crippen molar-refractivity contribution in [3.8, 4) is 0 Å². The van der Waals surface area contributed by atoms with Gasteiger partial charge in [0, 0.05) is 37.5 Å². The normalized spacial score (nSPS) is 41.0. The van der Waals surface area contributed by atoms with E-state index in [0.29, 0.717) is 6.41 Å². The number of carboxylic acids is 1. The molecule has 67 heavy (non-hydrogen) atoms. The first-order valence-electron chi connectivity index (χ1n) is 22.8. The molecule has 0 unspecified atom stereocenters. The zero-order valence-electron chi connectivity index (χ0n) is 38.5. The lowest BCUT2D eigenvalue weighted by atomic mass is 9.82. The molecule has 0 aromatic carbocycles. The Hall–Kier alpha value is -3.93. The van der Waals surface area contributed by atoms with Gasteiger partial charge in [0.15, 0.2) is 12.1 Å². The first-order valence-corrected chi connectivity index (χ1v) is 22.8. The molecule has 3 aliphatic heterocycles. The fourth-order valence-corrected chi connectivity index (χ4v) is 8.21. The van der Waals surface area contributed by atoms with Gasteiger partial charge < -0.3 is 80.4 Å². The number of fused-ring (bicyclic) bond motifs is 2. The van der Waals surface area contributed by atoms with E-state index in [-0.39, 0.29) is 31.6 Å². The van der Waals surface area contributed by atoms with Crippen LogP contribution < -0.4 is 5.32 Å². The van der Waals surface area contributed by atoms with Crippen molar-refractivity contribution in [1.29, 1.82) is 0 Å². The maximum Gasteiger partial charge on any atom is 0.311 e. The Bertz CT molecular complexity index is 1730. The third-order valence-corrected chi connectivity index (χ3v) is 12.2. The van der Waals surface area contributed by atoms with Crippen LogP contribution in [0.2, 0.25) is 0 Å². The van der Waals surface area contributed by atoms with Crippen LogP contribution in [0.1, 0.15) is 79.1 Å². The Labute approximate surface area is 391 Å². The van der Waals surface area contributed by atoms with Crippen LogP contribution in [0.5, 0.6) is 0 Å². The van der Waals surface area contributed by atoms with Crippen molar-refractivity contribution < 1.29 is 89.5 Å². The smallest absolute Gasteiger partial charge is 0.311 e. The summed E-state index contributed by atoms with van der Waals surface area (Å²) in [5, 5.41) is 121. The molecule has 19 heteroatoms. The largest absolute Gasteiger partial charge is 0.481 e. The molecule has 19 nitrogen and oxygen atoms in total.